The van der Waals surface area contributed by atoms with Crippen LogP contribution in [-0.2, 0) is 14.8 Å². The molecule has 1 heterocycles. The van der Waals surface area contributed by atoms with Gasteiger partial charge in [-0.3, -0.25) is 4.79 Å². The molecule has 1 aliphatic heterocycles. The molecule has 0 aromatic heterocycles. The lowest BCUT2D eigenvalue weighted by atomic mass is 10.1. The minimum Gasteiger partial charge on any atom is -0.337 e. The third kappa shape index (κ3) is 5.23. The molecule has 0 saturated carbocycles. The van der Waals surface area contributed by atoms with E-state index in [1.54, 1.807) is 6.92 Å². The largest absolute Gasteiger partial charge is 0.337 e. The zero-order chi connectivity index (χ0) is 16.4. The summed E-state index contributed by atoms with van der Waals surface area (Å²) >= 11 is 0. The molecule has 1 saturated heterocycles. The van der Waals surface area contributed by atoms with Gasteiger partial charge >= 0.3 is 0 Å². The van der Waals surface area contributed by atoms with Crippen LogP contribution in [0.4, 0.5) is 0 Å². The number of hydrogen-bond acceptors (Lipinski definition) is 4. The molecule has 124 valence electrons. The quantitative estimate of drug-likeness (QED) is 0.744. The highest BCUT2D eigenvalue weighted by Crippen LogP contribution is 2.18. The highest BCUT2D eigenvalue weighted by Gasteiger charge is 2.31. The minimum absolute atomic E-state index is 0.0695. The highest BCUT2D eigenvalue weighted by molar-refractivity contribution is 7.88. The molecule has 0 bridgehead atoms. The van der Waals surface area contributed by atoms with E-state index < -0.39 is 10.0 Å². The van der Waals surface area contributed by atoms with Gasteiger partial charge in [0, 0.05) is 44.7 Å². The zero-order valence-electron chi connectivity index (χ0n) is 14.1. The molecule has 1 rings (SSSR count). The first kappa shape index (κ1) is 18.4. The molecule has 1 aliphatic rings. The van der Waals surface area contributed by atoms with Crippen LogP contribution < -0.4 is 0 Å². The Balaban J connectivity index is 2.55. The normalized spacial score (nSPS) is 21.0. The smallest absolute Gasteiger partial charge is 0.219 e. The van der Waals surface area contributed by atoms with Crippen LogP contribution in [-0.4, -0.2) is 79.5 Å². The van der Waals surface area contributed by atoms with Crippen LogP contribution in [0.15, 0.2) is 0 Å². The van der Waals surface area contributed by atoms with E-state index in [-0.39, 0.29) is 17.5 Å². The van der Waals surface area contributed by atoms with Gasteiger partial charge in [0.25, 0.3) is 0 Å². The molecule has 0 spiro atoms. The number of hydrogen-bond donors (Lipinski definition) is 0. The van der Waals surface area contributed by atoms with Crippen molar-refractivity contribution in [1.29, 1.82) is 0 Å². The fourth-order valence-electron chi connectivity index (χ4n) is 2.78. The lowest BCUT2D eigenvalue weighted by Gasteiger charge is -2.37. The van der Waals surface area contributed by atoms with Gasteiger partial charge in [0.15, 0.2) is 0 Å². The summed E-state index contributed by atoms with van der Waals surface area (Å²) < 4.78 is 24.6. The van der Waals surface area contributed by atoms with Crippen LogP contribution in [0, 0.1) is 0 Å². The molecular formula is C14H29N3O3S. The van der Waals surface area contributed by atoms with E-state index in [1.807, 2.05) is 32.7 Å². The van der Waals surface area contributed by atoms with Crippen molar-refractivity contribution in [2.24, 2.45) is 0 Å². The van der Waals surface area contributed by atoms with Crippen molar-refractivity contribution < 1.29 is 13.2 Å². The second-order valence-corrected chi connectivity index (χ2v) is 8.87. The van der Waals surface area contributed by atoms with E-state index in [4.69, 9.17) is 0 Å². The molecule has 7 heteroatoms. The minimum atomic E-state index is -3.09. The Morgan fingerprint density at radius 3 is 2.24 bits per heavy atom. The molecule has 0 aromatic carbocycles. The van der Waals surface area contributed by atoms with Crippen molar-refractivity contribution in [2.45, 2.75) is 45.7 Å². The summed E-state index contributed by atoms with van der Waals surface area (Å²) in [6.07, 6.45) is 2.10. The van der Waals surface area contributed by atoms with Crippen LogP contribution >= 0.6 is 0 Å². The van der Waals surface area contributed by atoms with E-state index in [2.05, 4.69) is 4.90 Å². The Labute approximate surface area is 129 Å². The van der Waals surface area contributed by atoms with Gasteiger partial charge in [-0.05, 0) is 34.2 Å². The first-order valence-electron chi connectivity index (χ1n) is 7.36. The van der Waals surface area contributed by atoms with Gasteiger partial charge in [0.1, 0.15) is 0 Å². The number of sulfonamides is 1. The van der Waals surface area contributed by atoms with Crippen molar-refractivity contribution >= 4 is 15.9 Å². The molecule has 1 atom stereocenters. The average molecular weight is 319 g/mol. The lowest BCUT2D eigenvalue weighted by Crippen LogP contribution is -2.49. The van der Waals surface area contributed by atoms with Crippen LogP contribution in [0.2, 0.25) is 0 Å². The molecule has 0 aromatic rings. The monoisotopic (exact) mass is 319 g/mol. The van der Waals surface area contributed by atoms with Crippen LogP contribution in [0.5, 0.6) is 0 Å². The highest BCUT2D eigenvalue weighted by atomic mass is 32.2. The summed E-state index contributed by atoms with van der Waals surface area (Å²) in [7, 11) is -1.10. The summed E-state index contributed by atoms with van der Waals surface area (Å²) in [4.78, 5) is 15.7. The Morgan fingerprint density at radius 2 is 1.86 bits per heavy atom. The maximum atomic E-state index is 11.7. The van der Waals surface area contributed by atoms with Gasteiger partial charge < -0.3 is 9.80 Å². The SMILES string of the molecule is CC(=O)N(CCN(C)[C@@H]1CCN(S(C)(=O)=O)C1)C(C)(C)C. The summed E-state index contributed by atoms with van der Waals surface area (Å²) in [6, 6.07) is 0.230. The molecule has 21 heavy (non-hydrogen) atoms. The summed E-state index contributed by atoms with van der Waals surface area (Å²) in [5.74, 6) is 0.0695. The number of carbonyl (C=O) groups is 1. The van der Waals surface area contributed by atoms with E-state index >= 15 is 0 Å². The Kier molecular flexibility index (Phi) is 5.80. The van der Waals surface area contributed by atoms with E-state index in [1.165, 1.54) is 10.6 Å². The standard InChI is InChI=1S/C14H29N3O3S/c1-12(18)17(14(2,3)4)10-9-15(5)13-7-8-16(11-13)21(6,19)20/h13H,7-11H2,1-6H3/t13-/m1/s1. The summed E-state index contributed by atoms with van der Waals surface area (Å²) in [6.45, 7) is 10.2. The summed E-state index contributed by atoms with van der Waals surface area (Å²) in [5.41, 5.74) is -0.193. The van der Waals surface area contributed by atoms with E-state index in [9.17, 15) is 13.2 Å². The Bertz CT molecular complexity index is 470. The molecule has 0 aliphatic carbocycles. The van der Waals surface area contributed by atoms with Crippen LogP contribution in [0.1, 0.15) is 34.1 Å². The summed E-state index contributed by atoms with van der Waals surface area (Å²) in [5, 5.41) is 0. The molecule has 0 N–H and O–H groups in total. The fraction of sp³-hybridized carbons (Fsp3) is 0.929. The van der Waals surface area contributed by atoms with Gasteiger partial charge in [0.2, 0.25) is 15.9 Å². The second-order valence-electron chi connectivity index (χ2n) is 6.89. The van der Waals surface area contributed by atoms with Gasteiger partial charge in [-0.15, -0.1) is 0 Å². The fourth-order valence-corrected chi connectivity index (χ4v) is 3.66. The van der Waals surface area contributed by atoms with Gasteiger partial charge in [-0.1, -0.05) is 0 Å². The number of nitrogens with zero attached hydrogens (tertiary/aromatic N) is 3. The maximum Gasteiger partial charge on any atom is 0.219 e. The number of likely N-dealkylation sites (N-methyl/N-ethyl adjacent to an activating group) is 1. The van der Waals surface area contributed by atoms with Crippen LogP contribution in [0.3, 0.4) is 0 Å². The maximum absolute atomic E-state index is 11.7. The molecular weight excluding hydrogens is 290 g/mol. The van der Waals surface area contributed by atoms with Crippen molar-refractivity contribution in [3.63, 3.8) is 0 Å². The second kappa shape index (κ2) is 6.62. The van der Waals surface area contributed by atoms with Crippen molar-refractivity contribution in [3.05, 3.63) is 0 Å². The van der Waals surface area contributed by atoms with Crippen molar-refractivity contribution in [1.82, 2.24) is 14.1 Å². The number of amides is 1. The molecule has 0 unspecified atom stereocenters. The molecule has 1 amide bonds. The average Bonchev–Trinajstić information content (AvgIpc) is 2.75. The predicted molar refractivity (Wildman–Crippen MR) is 84.6 cm³/mol. The Hall–Kier alpha value is -0.660. The van der Waals surface area contributed by atoms with Crippen LogP contribution in [0.25, 0.3) is 0 Å². The first-order valence-corrected chi connectivity index (χ1v) is 9.21. The molecule has 1 fully saturated rings. The molecule has 6 nitrogen and oxygen atoms in total. The van der Waals surface area contributed by atoms with Gasteiger partial charge in [0.05, 0.1) is 6.26 Å². The van der Waals surface area contributed by atoms with Gasteiger partial charge in [-0.25, -0.2) is 12.7 Å². The predicted octanol–water partition coefficient (Wildman–Crippen LogP) is 0.599. The first-order chi connectivity index (χ1) is 9.43. The number of carbonyl (C=O) groups excluding carboxylic acids is 1. The van der Waals surface area contributed by atoms with E-state index in [0.29, 0.717) is 19.6 Å². The Morgan fingerprint density at radius 1 is 1.29 bits per heavy atom. The number of rotatable bonds is 5. The molecule has 0 radical (unpaired) electrons. The van der Waals surface area contributed by atoms with E-state index in [0.717, 1.165) is 13.0 Å². The zero-order valence-corrected chi connectivity index (χ0v) is 14.9. The van der Waals surface area contributed by atoms with Crippen molar-refractivity contribution in [3.8, 4) is 0 Å². The topological polar surface area (TPSA) is 60.9 Å². The lowest BCUT2D eigenvalue weighted by molar-refractivity contribution is -0.133. The third-order valence-corrected chi connectivity index (χ3v) is 5.35. The van der Waals surface area contributed by atoms with Crippen molar-refractivity contribution in [2.75, 3.05) is 39.5 Å². The van der Waals surface area contributed by atoms with Gasteiger partial charge in [-0.2, -0.15) is 0 Å². The third-order valence-electron chi connectivity index (χ3n) is 4.08.